The summed E-state index contributed by atoms with van der Waals surface area (Å²) in [5.74, 6) is -0.0861. The first-order valence-electron chi connectivity index (χ1n) is 8.89. The van der Waals surface area contributed by atoms with Gasteiger partial charge < -0.3 is 10.2 Å². The van der Waals surface area contributed by atoms with Crippen LogP contribution >= 0.6 is 0 Å². The quantitative estimate of drug-likeness (QED) is 0.892. The Morgan fingerprint density at radius 3 is 2.88 bits per heavy atom. The summed E-state index contributed by atoms with van der Waals surface area (Å²) in [6.07, 6.45) is 4.45. The third kappa shape index (κ3) is 3.29. The molecule has 1 unspecified atom stereocenters. The van der Waals surface area contributed by atoms with Gasteiger partial charge in [-0.05, 0) is 31.2 Å². The van der Waals surface area contributed by atoms with E-state index in [-0.39, 0.29) is 17.9 Å². The third-order valence-corrected chi connectivity index (χ3v) is 5.04. The molecule has 1 aliphatic carbocycles. The number of aromatic nitrogens is 2. The van der Waals surface area contributed by atoms with Crippen LogP contribution in [0.2, 0.25) is 0 Å². The lowest BCUT2D eigenvalue weighted by atomic mass is 9.95. The maximum atomic E-state index is 12.6. The van der Waals surface area contributed by atoms with Gasteiger partial charge in [0.25, 0.3) is 5.91 Å². The number of hydrogen-bond acceptors (Lipinski definition) is 3. The van der Waals surface area contributed by atoms with Crippen molar-refractivity contribution in [1.82, 2.24) is 20.4 Å². The van der Waals surface area contributed by atoms with Crippen molar-refractivity contribution in [2.24, 2.45) is 0 Å². The SMILES string of the molecule is O=C(NC1CC(=O)N(Cc2ccccc2)C1)c1n[nH]c2c1CCCC2. The lowest BCUT2D eigenvalue weighted by molar-refractivity contribution is -0.128. The van der Waals surface area contributed by atoms with Gasteiger partial charge in [-0.25, -0.2) is 0 Å². The van der Waals surface area contributed by atoms with Crippen molar-refractivity contribution in [3.05, 3.63) is 52.8 Å². The Hall–Kier alpha value is -2.63. The van der Waals surface area contributed by atoms with Gasteiger partial charge in [-0.1, -0.05) is 30.3 Å². The monoisotopic (exact) mass is 338 g/mol. The average molecular weight is 338 g/mol. The normalized spacial score (nSPS) is 19.8. The van der Waals surface area contributed by atoms with Crippen LogP contribution in [-0.4, -0.2) is 39.5 Å². The van der Waals surface area contributed by atoms with Crippen LogP contribution in [0.1, 0.15) is 46.6 Å². The molecule has 6 nitrogen and oxygen atoms in total. The minimum absolute atomic E-state index is 0.0817. The third-order valence-electron chi connectivity index (χ3n) is 5.04. The molecule has 1 fully saturated rings. The van der Waals surface area contributed by atoms with Crippen molar-refractivity contribution in [3.8, 4) is 0 Å². The fourth-order valence-electron chi connectivity index (χ4n) is 3.75. The molecule has 130 valence electrons. The zero-order valence-corrected chi connectivity index (χ0v) is 14.1. The smallest absolute Gasteiger partial charge is 0.272 e. The highest BCUT2D eigenvalue weighted by atomic mass is 16.2. The number of likely N-dealkylation sites (tertiary alicyclic amines) is 1. The summed E-state index contributed by atoms with van der Waals surface area (Å²) in [4.78, 5) is 26.6. The molecule has 2 N–H and O–H groups in total. The predicted molar refractivity (Wildman–Crippen MR) is 93.0 cm³/mol. The summed E-state index contributed by atoms with van der Waals surface area (Å²) in [5.41, 5.74) is 3.74. The van der Waals surface area contributed by atoms with Gasteiger partial charge in [-0.3, -0.25) is 14.7 Å². The van der Waals surface area contributed by atoms with Crippen LogP contribution in [-0.2, 0) is 24.2 Å². The van der Waals surface area contributed by atoms with Crippen LogP contribution in [0.3, 0.4) is 0 Å². The van der Waals surface area contributed by atoms with E-state index >= 15 is 0 Å². The molecule has 0 spiro atoms. The van der Waals surface area contributed by atoms with Crippen molar-refractivity contribution in [1.29, 1.82) is 0 Å². The van der Waals surface area contributed by atoms with Crippen LogP contribution in [0.5, 0.6) is 0 Å². The molecule has 2 aliphatic rings. The Morgan fingerprint density at radius 1 is 1.24 bits per heavy atom. The van der Waals surface area contributed by atoms with Gasteiger partial charge in [0.1, 0.15) is 0 Å². The highest BCUT2D eigenvalue weighted by molar-refractivity contribution is 5.95. The van der Waals surface area contributed by atoms with E-state index < -0.39 is 0 Å². The number of carbonyl (C=O) groups excluding carboxylic acids is 2. The molecule has 1 aromatic heterocycles. The number of fused-ring (bicyclic) bond motifs is 1. The number of amides is 2. The predicted octanol–water partition coefficient (Wildman–Crippen LogP) is 1.82. The highest BCUT2D eigenvalue weighted by Gasteiger charge is 2.32. The maximum absolute atomic E-state index is 12.6. The Balaban J connectivity index is 1.39. The van der Waals surface area contributed by atoms with E-state index in [1.54, 1.807) is 4.90 Å². The van der Waals surface area contributed by atoms with E-state index in [2.05, 4.69) is 15.5 Å². The Labute approximate surface area is 146 Å². The lowest BCUT2D eigenvalue weighted by Crippen LogP contribution is -2.37. The molecule has 1 aliphatic heterocycles. The number of benzene rings is 1. The molecule has 2 amide bonds. The van der Waals surface area contributed by atoms with Gasteiger partial charge in [-0.15, -0.1) is 0 Å². The molecule has 6 heteroatoms. The van der Waals surface area contributed by atoms with Gasteiger partial charge in [0.15, 0.2) is 5.69 Å². The van der Waals surface area contributed by atoms with E-state index in [1.807, 2.05) is 30.3 Å². The van der Waals surface area contributed by atoms with Crippen LogP contribution in [0.4, 0.5) is 0 Å². The second-order valence-electron chi connectivity index (χ2n) is 6.87. The maximum Gasteiger partial charge on any atom is 0.272 e. The van der Waals surface area contributed by atoms with E-state index in [1.165, 1.54) is 0 Å². The van der Waals surface area contributed by atoms with E-state index in [9.17, 15) is 9.59 Å². The molecular formula is C19H22N4O2. The first-order valence-corrected chi connectivity index (χ1v) is 8.89. The summed E-state index contributed by atoms with van der Waals surface area (Å²) in [7, 11) is 0. The van der Waals surface area contributed by atoms with Crippen LogP contribution in [0.25, 0.3) is 0 Å². The molecular weight excluding hydrogens is 316 g/mol. The molecule has 25 heavy (non-hydrogen) atoms. The van der Waals surface area contributed by atoms with Gasteiger partial charge >= 0.3 is 0 Å². The number of nitrogens with zero attached hydrogens (tertiary/aromatic N) is 2. The minimum Gasteiger partial charge on any atom is -0.346 e. The summed E-state index contributed by atoms with van der Waals surface area (Å²) >= 11 is 0. The van der Waals surface area contributed by atoms with Crippen molar-refractivity contribution in [2.45, 2.75) is 44.7 Å². The molecule has 0 saturated carbocycles. The highest BCUT2D eigenvalue weighted by Crippen LogP contribution is 2.22. The number of carbonyl (C=O) groups is 2. The molecule has 0 radical (unpaired) electrons. The van der Waals surface area contributed by atoms with Gasteiger partial charge in [0.05, 0.1) is 6.04 Å². The molecule has 2 aromatic rings. The zero-order valence-electron chi connectivity index (χ0n) is 14.1. The fourth-order valence-corrected chi connectivity index (χ4v) is 3.75. The number of H-pyrrole nitrogens is 1. The number of aryl methyl sites for hydroxylation is 1. The second-order valence-corrected chi connectivity index (χ2v) is 6.87. The van der Waals surface area contributed by atoms with Gasteiger partial charge in [0.2, 0.25) is 5.91 Å². The van der Waals surface area contributed by atoms with E-state index in [4.69, 9.17) is 0 Å². The Kier molecular flexibility index (Phi) is 4.26. The lowest BCUT2D eigenvalue weighted by Gasteiger charge is -2.17. The van der Waals surface area contributed by atoms with E-state index in [0.29, 0.717) is 25.2 Å². The number of nitrogens with one attached hydrogen (secondary N) is 2. The van der Waals surface area contributed by atoms with Gasteiger partial charge in [-0.2, -0.15) is 5.10 Å². The van der Waals surface area contributed by atoms with Crippen molar-refractivity contribution < 1.29 is 9.59 Å². The number of aromatic amines is 1. The summed E-state index contributed by atoms with van der Waals surface area (Å²) in [5, 5.41) is 10.2. The van der Waals surface area contributed by atoms with Crippen molar-refractivity contribution in [2.75, 3.05) is 6.54 Å². The van der Waals surface area contributed by atoms with Crippen LogP contribution < -0.4 is 5.32 Å². The minimum atomic E-state index is -0.168. The number of hydrogen-bond donors (Lipinski definition) is 2. The van der Waals surface area contributed by atoms with Crippen molar-refractivity contribution >= 4 is 11.8 Å². The molecule has 1 saturated heterocycles. The average Bonchev–Trinajstić information content (AvgIpc) is 3.19. The summed E-state index contributed by atoms with van der Waals surface area (Å²) in [6.45, 7) is 1.13. The Morgan fingerprint density at radius 2 is 2.04 bits per heavy atom. The first-order chi connectivity index (χ1) is 12.2. The zero-order chi connectivity index (χ0) is 17.2. The molecule has 2 heterocycles. The summed E-state index contributed by atoms with van der Waals surface area (Å²) < 4.78 is 0. The molecule has 4 rings (SSSR count). The second kappa shape index (κ2) is 6.70. The largest absolute Gasteiger partial charge is 0.346 e. The van der Waals surface area contributed by atoms with Gasteiger partial charge in [0, 0.05) is 30.8 Å². The first kappa shape index (κ1) is 15.9. The van der Waals surface area contributed by atoms with E-state index in [0.717, 1.165) is 42.5 Å². The van der Waals surface area contributed by atoms with Crippen LogP contribution in [0, 0.1) is 0 Å². The van der Waals surface area contributed by atoms with Crippen LogP contribution in [0.15, 0.2) is 30.3 Å². The number of rotatable bonds is 4. The molecule has 0 bridgehead atoms. The fraction of sp³-hybridized carbons (Fsp3) is 0.421. The van der Waals surface area contributed by atoms with Crippen molar-refractivity contribution in [3.63, 3.8) is 0 Å². The molecule has 1 atom stereocenters. The Bertz CT molecular complexity index is 784. The standard InChI is InChI=1S/C19H22N4O2/c24-17-10-14(12-23(17)11-13-6-2-1-3-7-13)20-19(25)18-15-8-4-5-9-16(15)21-22-18/h1-3,6-7,14H,4-5,8-12H2,(H,20,25)(H,21,22). The molecule has 1 aromatic carbocycles. The summed E-state index contributed by atoms with van der Waals surface area (Å²) in [6, 6.07) is 9.76. The topological polar surface area (TPSA) is 78.1 Å².